The maximum atomic E-state index is 12.3. The number of carboxylic acids is 1. The Balaban J connectivity index is 3.14. The van der Waals surface area contributed by atoms with Gasteiger partial charge in [-0.1, -0.05) is 6.07 Å². The van der Waals surface area contributed by atoms with E-state index >= 15 is 0 Å². The fourth-order valence-electron chi connectivity index (χ4n) is 1.59. The SMILES string of the molecule is CN(CC(F)F)c1ccc(/C=C/C(=O)O)cc1[N+](=O)[O-]. The highest BCUT2D eigenvalue weighted by molar-refractivity contribution is 5.85. The number of hydrogen-bond donors (Lipinski definition) is 1. The molecule has 1 N–H and O–H groups in total. The van der Waals surface area contributed by atoms with E-state index in [4.69, 9.17) is 5.11 Å². The summed E-state index contributed by atoms with van der Waals surface area (Å²) in [5.74, 6) is -1.19. The Morgan fingerprint density at radius 3 is 2.70 bits per heavy atom. The van der Waals surface area contributed by atoms with E-state index in [-0.39, 0.29) is 11.4 Å². The molecule has 0 amide bonds. The zero-order chi connectivity index (χ0) is 15.3. The third-order valence-electron chi connectivity index (χ3n) is 2.44. The lowest BCUT2D eigenvalue weighted by Crippen LogP contribution is -2.24. The molecule has 1 aromatic rings. The monoisotopic (exact) mass is 286 g/mol. The summed E-state index contributed by atoms with van der Waals surface area (Å²) in [5.41, 5.74) is -0.0169. The summed E-state index contributed by atoms with van der Waals surface area (Å²) >= 11 is 0. The van der Waals surface area contributed by atoms with Crippen LogP contribution in [-0.2, 0) is 4.79 Å². The quantitative estimate of drug-likeness (QED) is 0.493. The van der Waals surface area contributed by atoms with E-state index in [1.54, 1.807) is 0 Å². The van der Waals surface area contributed by atoms with Crippen molar-refractivity contribution in [2.75, 3.05) is 18.5 Å². The van der Waals surface area contributed by atoms with Crippen LogP contribution in [-0.4, -0.2) is 36.0 Å². The fraction of sp³-hybridized carbons (Fsp3) is 0.250. The van der Waals surface area contributed by atoms with Gasteiger partial charge in [0.2, 0.25) is 0 Å². The number of nitro benzene ring substituents is 1. The predicted molar refractivity (Wildman–Crippen MR) is 69.0 cm³/mol. The number of halogens is 2. The topological polar surface area (TPSA) is 83.7 Å². The third kappa shape index (κ3) is 4.30. The summed E-state index contributed by atoms with van der Waals surface area (Å²) in [4.78, 5) is 21.7. The highest BCUT2D eigenvalue weighted by atomic mass is 19.3. The molecule has 0 atom stereocenters. The van der Waals surface area contributed by atoms with Gasteiger partial charge in [0.15, 0.2) is 0 Å². The largest absolute Gasteiger partial charge is 0.478 e. The highest BCUT2D eigenvalue weighted by Crippen LogP contribution is 2.29. The van der Waals surface area contributed by atoms with Gasteiger partial charge in [-0.05, 0) is 17.7 Å². The van der Waals surface area contributed by atoms with E-state index in [0.717, 1.165) is 17.0 Å². The van der Waals surface area contributed by atoms with Crippen molar-refractivity contribution in [3.05, 3.63) is 40.0 Å². The second-order valence-corrected chi connectivity index (χ2v) is 3.95. The van der Waals surface area contributed by atoms with Gasteiger partial charge in [-0.3, -0.25) is 10.1 Å². The molecule has 0 aromatic heterocycles. The van der Waals surface area contributed by atoms with E-state index in [0.29, 0.717) is 5.56 Å². The molecule has 0 aliphatic carbocycles. The van der Waals surface area contributed by atoms with Gasteiger partial charge < -0.3 is 10.0 Å². The first-order valence-corrected chi connectivity index (χ1v) is 5.50. The zero-order valence-electron chi connectivity index (χ0n) is 10.5. The van der Waals surface area contributed by atoms with Gasteiger partial charge in [-0.25, -0.2) is 13.6 Å². The summed E-state index contributed by atoms with van der Waals surface area (Å²) in [5, 5.41) is 19.4. The first-order valence-electron chi connectivity index (χ1n) is 5.50. The van der Waals surface area contributed by atoms with Crippen molar-refractivity contribution in [2.45, 2.75) is 6.43 Å². The molecule has 0 saturated carbocycles. The van der Waals surface area contributed by atoms with Gasteiger partial charge >= 0.3 is 5.97 Å². The average molecular weight is 286 g/mol. The van der Waals surface area contributed by atoms with Crippen LogP contribution in [0, 0.1) is 10.1 Å². The van der Waals surface area contributed by atoms with E-state index in [1.165, 1.54) is 25.3 Å². The van der Waals surface area contributed by atoms with Crippen LogP contribution in [0.15, 0.2) is 24.3 Å². The van der Waals surface area contributed by atoms with Crippen LogP contribution in [0.1, 0.15) is 5.56 Å². The van der Waals surface area contributed by atoms with Crippen LogP contribution < -0.4 is 4.90 Å². The Labute approximate surface area is 113 Å². The smallest absolute Gasteiger partial charge is 0.328 e. The predicted octanol–water partition coefficient (Wildman–Crippen LogP) is 2.39. The van der Waals surface area contributed by atoms with Crippen molar-refractivity contribution >= 4 is 23.4 Å². The molecular weight excluding hydrogens is 274 g/mol. The second kappa shape index (κ2) is 6.60. The molecule has 0 spiro atoms. The normalized spacial score (nSPS) is 11.0. The van der Waals surface area contributed by atoms with Crippen LogP contribution >= 0.6 is 0 Å². The number of rotatable bonds is 6. The molecule has 0 aliphatic heterocycles. The molecule has 0 heterocycles. The van der Waals surface area contributed by atoms with E-state index in [9.17, 15) is 23.7 Å². The minimum Gasteiger partial charge on any atom is -0.478 e. The summed E-state index contributed by atoms with van der Waals surface area (Å²) < 4.78 is 24.6. The van der Waals surface area contributed by atoms with Crippen molar-refractivity contribution in [1.29, 1.82) is 0 Å². The van der Waals surface area contributed by atoms with E-state index in [1.807, 2.05) is 0 Å². The van der Waals surface area contributed by atoms with Gasteiger partial charge in [-0.15, -0.1) is 0 Å². The van der Waals surface area contributed by atoms with Crippen molar-refractivity contribution in [3.8, 4) is 0 Å². The van der Waals surface area contributed by atoms with Crippen LogP contribution in [0.2, 0.25) is 0 Å². The van der Waals surface area contributed by atoms with Gasteiger partial charge in [0.05, 0.1) is 11.5 Å². The molecule has 0 fully saturated rings. The van der Waals surface area contributed by atoms with E-state index in [2.05, 4.69) is 0 Å². The minimum atomic E-state index is -2.62. The van der Waals surface area contributed by atoms with Crippen LogP contribution in [0.3, 0.4) is 0 Å². The Kier molecular flexibility index (Phi) is 5.13. The number of hydrogen-bond acceptors (Lipinski definition) is 4. The Bertz CT molecular complexity index is 546. The summed E-state index contributed by atoms with van der Waals surface area (Å²) in [6.45, 7) is -0.634. The molecule has 0 aliphatic rings. The summed E-state index contributed by atoms with van der Waals surface area (Å²) in [7, 11) is 1.32. The molecule has 0 bridgehead atoms. The molecule has 1 aromatic carbocycles. The number of benzene rings is 1. The van der Waals surface area contributed by atoms with Crippen LogP contribution in [0.5, 0.6) is 0 Å². The number of carboxylic acid groups (broad SMARTS) is 1. The van der Waals surface area contributed by atoms with Gasteiger partial charge in [-0.2, -0.15) is 0 Å². The number of nitrogens with zero attached hydrogens (tertiary/aromatic N) is 2. The standard InChI is InChI=1S/C12H12F2N2O4/c1-15(7-11(13)14)9-4-2-8(3-5-12(17)18)6-10(9)16(19)20/h2-6,11H,7H2,1H3,(H,17,18)/b5-3+. The second-order valence-electron chi connectivity index (χ2n) is 3.95. The number of anilines is 1. The fourth-order valence-corrected chi connectivity index (χ4v) is 1.59. The van der Waals surface area contributed by atoms with Gasteiger partial charge in [0.1, 0.15) is 5.69 Å². The third-order valence-corrected chi connectivity index (χ3v) is 2.44. The molecule has 0 radical (unpaired) electrons. The lowest BCUT2D eigenvalue weighted by molar-refractivity contribution is -0.384. The zero-order valence-corrected chi connectivity index (χ0v) is 10.5. The first-order chi connectivity index (χ1) is 9.31. The molecule has 8 heteroatoms. The summed E-state index contributed by atoms with van der Waals surface area (Å²) in [6.07, 6.45) is -0.598. The average Bonchev–Trinajstić information content (AvgIpc) is 2.35. The Morgan fingerprint density at radius 2 is 2.20 bits per heavy atom. The molecule has 20 heavy (non-hydrogen) atoms. The number of alkyl halides is 2. The number of carbonyl (C=O) groups is 1. The molecule has 0 saturated heterocycles. The lowest BCUT2D eigenvalue weighted by Gasteiger charge is -2.18. The Morgan fingerprint density at radius 1 is 1.55 bits per heavy atom. The Hall–Kier alpha value is -2.51. The molecule has 6 nitrogen and oxygen atoms in total. The molecule has 0 unspecified atom stereocenters. The minimum absolute atomic E-state index is 0.0442. The van der Waals surface area contributed by atoms with Crippen molar-refractivity contribution in [1.82, 2.24) is 0 Å². The maximum absolute atomic E-state index is 12.3. The maximum Gasteiger partial charge on any atom is 0.328 e. The molecule has 1 rings (SSSR count). The first kappa shape index (κ1) is 15.5. The highest BCUT2D eigenvalue weighted by Gasteiger charge is 2.19. The number of aliphatic carboxylic acids is 1. The lowest BCUT2D eigenvalue weighted by atomic mass is 10.1. The van der Waals surface area contributed by atoms with Crippen molar-refractivity contribution in [2.24, 2.45) is 0 Å². The van der Waals surface area contributed by atoms with Crippen molar-refractivity contribution < 1.29 is 23.6 Å². The van der Waals surface area contributed by atoms with E-state index < -0.39 is 23.9 Å². The summed E-state index contributed by atoms with van der Waals surface area (Å²) in [6, 6.07) is 3.86. The van der Waals surface area contributed by atoms with Crippen molar-refractivity contribution in [3.63, 3.8) is 0 Å². The van der Waals surface area contributed by atoms with Crippen LogP contribution in [0.4, 0.5) is 20.2 Å². The number of nitro groups is 1. The molecule has 108 valence electrons. The van der Waals surface area contributed by atoms with Gasteiger partial charge in [0.25, 0.3) is 12.1 Å². The molecular formula is C12H12F2N2O4. The van der Waals surface area contributed by atoms with Crippen LogP contribution in [0.25, 0.3) is 6.08 Å². The van der Waals surface area contributed by atoms with Gasteiger partial charge in [0, 0.05) is 19.2 Å².